The van der Waals surface area contributed by atoms with Crippen LogP contribution in [0.5, 0.6) is 0 Å². The van der Waals surface area contributed by atoms with Crippen LogP contribution in [0.3, 0.4) is 0 Å². The Balaban J connectivity index is 3.52. The smallest absolute Gasteiger partial charge is 0.243 e. The highest BCUT2D eigenvalue weighted by molar-refractivity contribution is 5.87. The van der Waals surface area contributed by atoms with Crippen molar-refractivity contribution in [3.05, 3.63) is 24.8 Å². The average molecular weight is 111 g/mol. The lowest BCUT2D eigenvalue weighted by molar-refractivity contribution is -0.116. The van der Waals surface area contributed by atoms with Crippen LogP contribution >= 0.6 is 0 Å². The molecule has 0 aromatic heterocycles. The molecule has 44 valence electrons. The molecule has 0 aliphatic carbocycles. The van der Waals surface area contributed by atoms with E-state index in [0.29, 0.717) is 0 Å². The number of amides is 1. The Morgan fingerprint density at radius 1 is 1.75 bits per heavy atom. The van der Waals surface area contributed by atoms with Crippen LogP contribution in [0.25, 0.3) is 0 Å². The van der Waals surface area contributed by atoms with Crippen LogP contribution in [-0.2, 0) is 4.79 Å². The van der Waals surface area contributed by atoms with E-state index in [0.717, 1.165) is 0 Å². The summed E-state index contributed by atoms with van der Waals surface area (Å²) in [6.07, 6.45) is 4.54. The van der Waals surface area contributed by atoms with Gasteiger partial charge in [-0.3, -0.25) is 4.79 Å². The van der Waals surface area contributed by atoms with E-state index in [2.05, 4.69) is 11.9 Å². The molecule has 0 unspecified atom stereocenters. The van der Waals surface area contributed by atoms with Gasteiger partial charge in [-0.15, -0.1) is 0 Å². The van der Waals surface area contributed by atoms with Gasteiger partial charge in [0.15, 0.2) is 0 Å². The Morgan fingerprint density at radius 3 is 2.75 bits per heavy atom. The second-order valence-electron chi connectivity index (χ2n) is 1.21. The molecular weight excluding hydrogens is 102 g/mol. The number of carbonyl (C=O) groups excluding carboxylic acids is 1. The number of likely N-dealkylation sites (N-methyl/N-ethyl adjacent to an activating group) is 1. The van der Waals surface area contributed by atoms with Crippen LogP contribution in [0, 0.1) is 0 Å². The van der Waals surface area contributed by atoms with Gasteiger partial charge in [0.2, 0.25) is 5.91 Å². The molecule has 2 heteroatoms. The highest BCUT2D eigenvalue weighted by Gasteiger charge is 1.82. The minimum Gasteiger partial charge on any atom is -0.356 e. The first-order chi connectivity index (χ1) is 3.81. The zero-order valence-corrected chi connectivity index (χ0v) is 4.85. The Bertz CT molecular complexity index is 116. The van der Waals surface area contributed by atoms with E-state index in [1.165, 1.54) is 6.08 Å². The lowest BCUT2D eigenvalue weighted by Gasteiger charge is -1.84. The van der Waals surface area contributed by atoms with E-state index in [9.17, 15) is 4.79 Å². The van der Waals surface area contributed by atoms with Crippen molar-refractivity contribution < 1.29 is 4.79 Å². The van der Waals surface area contributed by atoms with Crippen LogP contribution in [0.15, 0.2) is 24.8 Å². The quantitative estimate of drug-likeness (QED) is 0.407. The fourth-order valence-electron chi connectivity index (χ4n) is 0.239. The molecule has 0 aliphatic heterocycles. The minimum absolute atomic E-state index is 0.107. The van der Waals surface area contributed by atoms with Crippen LogP contribution in [0.1, 0.15) is 0 Å². The topological polar surface area (TPSA) is 29.1 Å². The van der Waals surface area contributed by atoms with E-state index < -0.39 is 0 Å². The van der Waals surface area contributed by atoms with Gasteiger partial charge < -0.3 is 5.32 Å². The maximum atomic E-state index is 10.3. The Morgan fingerprint density at radius 2 is 2.38 bits per heavy atom. The molecule has 0 spiro atoms. The molecule has 0 aromatic carbocycles. The van der Waals surface area contributed by atoms with Crippen molar-refractivity contribution in [1.29, 1.82) is 0 Å². The predicted molar refractivity (Wildman–Crippen MR) is 33.4 cm³/mol. The number of rotatable bonds is 2. The Kier molecular flexibility index (Phi) is 3.58. The van der Waals surface area contributed by atoms with Gasteiger partial charge in [-0.25, -0.2) is 0 Å². The van der Waals surface area contributed by atoms with Crippen molar-refractivity contribution in [3.63, 3.8) is 0 Å². The normalized spacial score (nSPS) is 9.12. The molecule has 0 aromatic rings. The lowest BCUT2D eigenvalue weighted by atomic mass is 10.5. The molecule has 0 heterocycles. The van der Waals surface area contributed by atoms with Crippen molar-refractivity contribution >= 4 is 5.91 Å². The van der Waals surface area contributed by atoms with Gasteiger partial charge in [0.1, 0.15) is 0 Å². The van der Waals surface area contributed by atoms with Crippen LogP contribution in [0.4, 0.5) is 0 Å². The van der Waals surface area contributed by atoms with Gasteiger partial charge in [0, 0.05) is 13.1 Å². The molecule has 0 atom stereocenters. The molecule has 2 nitrogen and oxygen atoms in total. The number of allylic oxidation sites excluding steroid dienone is 2. The summed E-state index contributed by atoms with van der Waals surface area (Å²) in [6.45, 7) is 3.40. The van der Waals surface area contributed by atoms with Crippen molar-refractivity contribution in [2.75, 3.05) is 7.05 Å². The second-order valence-corrected chi connectivity index (χ2v) is 1.21. The summed E-state index contributed by atoms with van der Waals surface area (Å²) < 4.78 is 0. The third-order valence-electron chi connectivity index (χ3n) is 0.630. The first kappa shape index (κ1) is 6.95. The van der Waals surface area contributed by atoms with Gasteiger partial charge in [-0.05, 0) is 0 Å². The van der Waals surface area contributed by atoms with Crippen molar-refractivity contribution in [1.82, 2.24) is 5.32 Å². The molecule has 0 aliphatic rings. The molecule has 0 rings (SSSR count). The van der Waals surface area contributed by atoms with Crippen molar-refractivity contribution in [2.45, 2.75) is 0 Å². The summed E-state index contributed by atoms with van der Waals surface area (Å²) in [5.74, 6) is -0.107. The van der Waals surface area contributed by atoms with Gasteiger partial charge in [-0.1, -0.05) is 18.7 Å². The van der Waals surface area contributed by atoms with Crippen molar-refractivity contribution in [3.8, 4) is 0 Å². The summed E-state index contributed by atoms with van der Waals surface area (Å²) in [7, 11) is 1.58. The van der Waals surface area contributed by atoms with Gasteiger partial charge in [-0.2, -0.15) is 0 Å². The van der Waals surface area contributed by atoms with E-state index in [4.69, 9.17) is 0 Å². The number of nitrogens with one attached hydrogen (secondary N) is 1. The zero-order chi connectivity index (χ0) is 6.41. The molecule has 0 radical (unpaired) electrons. The molecule has 0 saturated heterocycles. The predicted octanol–water partition coefficient (Wildman–Crippen LogP) is 0.475. The maximum Gasteiger partial charge on any atom is 0.243 e. The van der Waals surface area contributed by atoms with Crippen LogP contribution < -0.4 is 5.32 Å². The van der Waals surface area contributed by atoms with E-state index >= 15 is 0 Å². The highest BCUT2D eigenvalue weighted by atomic mass is 16.1. The maximum absolute atomic E-state index is 10.3. The van der Waals surface area contributed by atoms with E-state index in [-0.39, 0.29) is 5.91 Å². The minimum atomic E-state index is -0.107. The van der Waals surface area contributed by atoms with Crippen LogP contribution in [-0.4, -0.2) is 13.0 Å². The monoisotopic (exact) mass is 111 g/mol. The van der Waals surface area contributed by atoms with Gasteiger partial charge >= 0.3 is 0 Å². The average Bonchev–Trinajstić information content (AvgIpc) is 1.83. The molecular formula is C6H9NO. The third-order valence-corrected chi connectivity index (χ3v) is 0.630. The largest absolute Gasteiger partial charge is 0.356 e. The molecule has 0 bridgehead atoms. The summed E-state index contributed by atoms with van der Waals surface area (Å²) >= 11 is 0. The Hall–Kier alpha value is -1.05. The molecule has 1 amide bonds. The summed E-state index contributed by atoms with van der Waals surface area (Å²) in [6, 6.07) is 0. The first-order valence-electron chi connectivity index (χ1n) is 2.32. The summed E-state index contributed by atoms with van der Waals surface area (Å²) in [5.41, 5.74) is 0. The number of hydrogen-bond acceptors (Lipinski definition) is 1. The zero-order valence-electron chi connectivity index (χ0n) is 4.85. The number of carbonyl (C=O) groups is 1. The molecule has 8 heavy (non-hydrogen) atoms. The Labute approximate surface area is 48.9 Å². The van der Waals surface area contributed by atoms with Gasteiger partial charge in [0.05, 0.1) is 0 Å². The van der Waals surface area contributed by atoms with Crippen molar-refractivity contribution in [2.24, 2.45) is 0 Å². The first-order valence-corrected chi connectivity index (χ1v) is 2.32. The third kappa shape index (κ3) is 3.15. The molecule has 1 N–H and O–H groups in total. The number of hydrogen-bond donors (Lipinski definition) is 1. The molecule has 0 saturated carbocycles. The highest BCUT2D eigenvalue weighted by Crippen LogP contribution is 1.70. The molecule has 0 fully saturated rings. The fraction of sp³-hybridized carbons (Fsp3) is 0.167. The van der Waals surface area contributed by atoms with Gasteiger partial charge in [0.25, 0.3) is 0 Å². The standard InChI is InChI=1S/C6H9NO/c1-3-4-5-6(8)7-2/h3-5H,1H2,2H3,(H,7,8)/b5-4-. The fourth-order valence-corrected chi connectivity index (χ4v) is 0.239. The second kappa shape index (κ2) is 4.12. The summed E-state index contributed by atoms with van der Waals surface area (Å²) in [4.78, 5) is 10.3. The summed E-state index contributed by atoms with van der Waals surface area (Å²) in [5, 5.41) is 2.43. The van der Waals surface area contributed by atoms with Crippen LogP contribution in [0.2, 0.25) is 0 Å². The lowest BCUT2D eigenvalue weighted by Crippen LogP contribution is -2.13. The SMILES string of the molecule is C=C/C=C\C(=O)NC. The van der Waals surface area contributed by atoms with E-state index in [1.807, 2.05) is 0 Å². The van der Waals surface area contributed by atoms with E-state index in [1.54, 1.807) is 19.2 Å².